The van der Waals surface area contributed by atoms with E-state index in [1.165, 1.54) is 6.07 Å². The molecule has 110 valence electrons. The zero-order chi connectivity index (χ0) is 15.2. The van der Waals surface area contributed by atoms with Crippen LogP contribution in [0.5, 0.6) is 5.75 Å². The topological polar surface area (TPSA) is 94.6 Å². The molecule has 6 heteroatoms. The van der Waals surface area contributed by atoms with Gasteiger partial charge >= 0.3 is 5.91 Å². The average molecular weight is 288 g/mol. The Kier molecular flexibility index (Phi) is 4.73. The van der Waals surface area contributed by atoms with Crippen molar-refractivity contribution in [1.82, 2.24) is 5.43 Å². The number of nitrogens with one attached hydrogen (secondary N) is 1. The van der Waals surface area contributed by atoms with E-state index in [0.29, 0.717) is 17.9 Å². The molecule has 2 rings (SSSR count). The van der Waals surface area contributed by atoms with Gasteiger partial charge in [-0.15, -0.1) is 0 Å². The molecule has 1 aromatic heterocycles. The maximum Gasteiger partial charge on any atom is 0.300 e. The van der Waals surface area contributed by atoms with Gasteiger partial charge in [0.25, 0.3) is 0 Å². The molecule has 0 unspecified atom stereocenters. The second-order valence-electron chi connectivity index (χ2n) is 4.55. The van der Waals surface area contributed by atoms with Crippen LogP contribution in [-0.4, -0.2) is 11.7 Å². The van der Waals surface area contributed by atoms with Crippen molar-refractivity contribution < 1.29 is 18.7 Å². The molecule has 0 aliphatic rings. The molecule has 0 atom stereocenters. The smallest absolute Gasteiger partial charge is 0.300 e. The molecular formula is C15H16N2O4. The summed E-state index contributed by atoms with van der Waals surface area (Å²) < 4.78 is 10.8. The molecule has 0 fully saturated rings. The summed E-state index contributed by atoms with van der Waals surface area (Å²) >= 11 is 0. The highest BCUT2D eigenvalue weighted by Crippen LogP contribution is 2.16. The normalized spacial score (nSPS) is 10.2. The Morgan fingerprint density at radius 1 is 1.19 bits per heavy atom. The highest BCUT2D eigenvalue weighted by atomic mass is 16.5. The monoisotopic (exact) mass is 288 g/mol. The first-order chi connectivity index (χ1) is 10.1. The number of rotatable bonds is 6. The van der Waals surface area contributed by atoms with Gasteiger partial charge in [-0.05, 0) is 36.8 Å². The summed E-state index contributed by atoms with van der Waals surface area (Å²) in [5, 5.41) is 0. The molecule has 3 N–H and O–H groups in total. The Hall–Kier alpha value is -2.60. The lowest BCUT2D eigenvalue weighted by Gasteiger charge is -2.05. The number of nitrogens with two attached hydrogens (primary N) is 1. The first kappa shape index (κ1) is 14.8. The van der Waals surface area contributed by atoms with Gasteiger partial charge in [0, 0.05) is 6.42 Å². The summed E-state index contributed by atoms with van der Waals surface area (Å²) in [4.78, 5) is 22.2. The fraction of sp³-hybridized carbons (Fsp3) is 0.200. The van der Waals surface area contributed by atoms with E-state index < -0.39 is 5.91 Å². The summed E-state index contributed by atoms with van der Waals surface area (Å²) in [7, 11) is 0. The molecule has 0 saturated carbocycles. The van der Waals surface area contributed by atoms with Crippen LogP contribution < -0.4 is 16.0 Å². The Bertz CT molecular complexity index is 631. The largest absolute Gasteiger partial charge is 0.486 e. The van der Waals surface area contributed by atoms with Gasteiger partial charge in [0.05, 0.1) is 0 Å². The van der Waals surface area contributed by atoms with Crippen molar-refractivity contribution in [2.45, 2.75) is 20.0 Å². The lowest BCUT2D eigenvalue weighted by Crippen LogP contribution is -2.29. The molecule has 0 aliphatic heterocycles. The molecule has 21 heavy (non-hydrogen) atoms. The number of ketones is 1. The number of ether oxygens (including phenoxy) is 1. The van der Waals surface area contributed by atoms with Crippen LogP contribution in [0.1, 0.15) is 28.8 Å². The number of hydrogen-bond donors (Lipinski definition) is 2. The molecule has 1 amide bonds. The van der Waals surface area contributed by atoms with Gasteiger partial charge in [0.2, 0.25) is 0 Å². The van der Waals surface area contributed by atoms with Crippen LogP contribution >= 0.6 is 0 Å². The third-order valence-electron chi connectivity index (χ3n) is 2.77. The second-order valence-corrected chi connectivity index (χ2v) is 4.55. The first-order valence-corrected chi connectivity index (χ1v) is 6.39. The van der Waals surface area contributed by atoms with Crippen LogP contribution in [0, 0.1) is 0 Å². The van der Waals surface area contributed by atoms with Gasteiger partial charge in [0.1, 0.15) is 23.9 Å². The SMILES string of the molecule is CC(=O)Cc1ccc(OCc2ccc(C(=O)NN)o2)cc1. The predicted molar refractivity (Wildman–Crippen MR) is 75.5 cm³/mol. The van der Waals surface area contributed by atoms with Gasteiger partial charge < -0.3 is 9.15 Å². The zero-order valence-corrected chi connectivity index (χ0v) is 11.6. The lowest BCUT2D eigenvalue weighted by molar-refractivity contribution is -0.116. The minimum atomic E-state index is -0.491. The van der Waals surface area contributed by atoms with Gasteiger partial charge in [-0.2, -0.15) is 0 Å². The molecule has 1 aromatic carbocycles. The molecule has 2 aromatic rings. The van der Waals surface area contributed by atoms with Crippen LogP contribution in [0.15, 0.2) is 40.8 Å². The third-order valence-corrected chi connectivity index (χ3v) is 2.77. The Morgan fingerprint density at radius 3 is 2.52 bits per heavy atom. The number of amides is 1. The Balaban J connectivity index is 1.92. The zero-order valence-electron chi connectivity index (χ0n) is 11.6. The Labute approximate surface area is 121 Å². The summed E-state index contributed by atoms with van der Waals surface area (Å²) in [5.74, 6) is 5.94. The molecule has 0 spiro atoms. The van der Waals surface area contributed by atoms with Crippen molar-refractivity contribution in [1.29, 1.82) is 0 Å². The minimum absolute atomic E-state index is 0.116. The maximum atomic E-state index is 11.2. The van der Waals surface area contributed by atoms with Crippen molar-refractivity contribution in [2.24, 2.45) is 5.84 Å². The quantitative estimate of drug-likeness (QED) is 0.478. The number of carbonyl (C=O) groups is 2. The van der Waals surface area contributed by atoms with Crippen LogP contribution in [0.25, 0.3) is 0 Å². The highest BCUT2D eigenvalue weighted by molar-refractivity contribution is 5.90. The molecule has 6 nitrogen and oxygen atoms in total. The summed E-state index contributed by atoms with van der Waals surface area (Å²) in [6, 6.07) is 10.4. The number of benzene rings is 1. The summed E-state index contributed by atoms with van der Waals surface area (Å²) in [6.45, 7) is 1.75. The molecule has 0 saturated heterocycles. The fourth-order valence-corrected chi connectivity index (χ4v) is 1.79. The van der Waals surface area contributed by atoms with Gasteiger partial charge in [0.15, 0.2) is 5.76 Å². The van der Waals surface area contributed by atoms with Crippen LogP contribution in [0.3, 0.4) is 0 Å². The van der Waals surface area contributed by atoms with E-state index in [4.69, 9.17) is 15.0 Å². The van der Waals surface area contributed by atoms with E-state index in [1.54, 1.807) is 25.1 Å². The summed E-state index contributed by atoms with van der Waals surface area (Å²) in [6.07, 6.45) is 0.413. The number of furan rings is 1. The van der Waals surface area contributed by atoms with E-state index in [1.807, 2.05) is 17.6 Å². The van der Waals surface area contributed by atoms with Crippen molar-refractivity contribution >= 4 is 11.7 Å². The number of nitrogen functional groups attached to an aromatic ring is 1. The van der Waals surface area contributed by atoms with Crippen LogP contribution in [-0.2, 0) is 17.8 Å². The Morgan fingerprint density at radius 2 is 1.90 bits per heavy atom. The molecule has 1 heterocycles. The van der Waals surface area contributed by atoms with Gasteiger partial charge in [-0.3, -0.25) is 15.0 Å². The molecule has 0 radical (unpaired) electrons. The molecule has 0 aliphatic carbocycles. The number of hydrazine groups is 1. The number of hydrogen-bond acceptors (Lipinski definition) is 5. The minimum Gasteiger partial charge on any atom is -0.486 e. The van der Waals surface area contributed by atoms with E-state index in [0.717, 1.165) is 5.56 Å². The average Bonchev–Trinajstić information content (AvgIpc) is 2.94. The van der Waals surface area contributed by atoms with Crippen molar-refractivity contribution in [2.75, 3.05) is 0 Å². The first-order valence-electron chi connectivity index (χ1n) is 6.39. The van der Waals surface area contributed by atoms with E-state index in [2.05, 4.69) is 0 Å². The summed E-state index contributed by atoms with van der Waals surface area (Å²) in [5.41, 5.74) is 2.93. The third kappa shape index (κ3) is 4.19. The van der Waals surface area contributed by atoms with Crippen molar-refractivity contribution in [3.8, 4) is 5.75 Å². The van der Waals surface area contributed by atoms with E-state index in [-0.39, 0.29) is 18.2 Å². The molecule has 0 bridgehead atoms. The highest BCUT2D eigenvalue weighted by Gasteiger charge is 2.09. The number of Topliss-reactive ketones (excluding diaryl/α,β-unsaturated/α-hetero) is 1. The second kappa shape index (κ2) is 6.71. The van der Waals surface area contributed by atoms with Crippen molar-refractivity contribution in [3.05, 3.63) is 53.5 Å². The van der Waals surface area contributed by atoms with E-state index >= 15 is 0 Å². The molecular weight excluding hydrogens is 272 g/mol. The van der Waals surface area contributed by atoms with E-state index in [9.17, 15) is 9.59 Å². The standard InChI is InChI=1S/C15H16N2O4/c1-10(18)8-11-2-4-12(5-3-11)20-9-13-6-7-14(21-13)15(19)17-16/h2-7H,8-9,16H2,1H3,(H,17,19). The van der Waals surface area contributed by atoms with Crippen molar-refractivity contribution in [3.63, 3.8) is 0 Å². The van der Waals surface area contributed by atoms with Gasteiger partial charge in [-0.1, -0.05) is 12.1 Å². The van der Waals surface area contributed by atoms with Gasteiger partial charge in [-0.25, -0.2) is 5.84 Å². The number of carbonyl (C=O) groups excluding carboxylic acids is 2. The maximum absolute atomic E-state index is 11.2. The van der Waals surface area contributed by atoms with Crippen LogP contribution in [0.4, 0.5) is 0 Å². The van der Waals surface area contributed by atoms with Crippen LogP contribution in [0.2, 0.25) is 0 Å². The predicted octanol–water partition coefficient (Wildman–Crippen LogP) is 1.59. The lowest BCUT2D eigenvalue weighted by atomic mass is 10.1. The fourth-order valence-electron chi connectivity index (χ4n) is 1.79.